The maximum absolute atomic E-state index is 15.0. The Balaban J connectivity index is 1.30. The summed E-state index contributed by atoms with van der Waals surface area (Å²) >= 11 is 0. The molecule has 1 nitrogen and oxygen atoms in total. The second-order valence-electron chi connectivity index (χ2n) is 11.4. The molecule has 204 valence electrons. The minimum Gasteiger partial charge on any atom is -0.403 e. The molecule has 2 saturated carbocycles. The van der Waals surface area contributed by atoms with Crippen LogP contribution in [0.25, 0.3) is 11.1 Å². The first-order valence-corrected chi connectivity index (χ1v) is 14.0. The monoisotopic (exact) mass is 522 g/mol. The summed E-state index contributed by atoms with van der Waals surface area (Å²) in [6.45, 7) is 4.73. The normalized spacial score (nSPS) is 25.6. The van der Waals surface area contributed by atoms with Gasteiger partial charge in [-0.05, 0) is 104 Å². The molecule has 1 unspecified atom stereocenters. The molecule has 1 atom stereocenters. The van der Waals surface area contributed by atoms with E-state index in [1.807, 2.05) is 6.07 Å². The second-order valence-corrected chi connectivity index (χ2v) is 11.4. The Hall–Kier alpha value is -2.11. The van der Waals surface area contributed by atoms with E-state index in [0.717, 1.165) is 67.1 Å². The molecular weight excluding hydrogens is 483 g/mol. The lowest BCUT2D eigenvalue weighted by Gasteiger charge is -2.36. The number of hydrogen-bond acceptors (Lipinski definition) is 1. The predicted octanol–water partition coefficient (Wildman–Crippen LogP) is 10.4. The Morgan fingerprint density at radius 1 is 0.838 bits per heavy atom. The molecule has 0 radical (unpaired) electrons. The van der Waals surface area contributed by atoms with Crippen LogP contribution in [0.4, 0.5) is 22.0 Å². The third-order valence-corrected chi connectivity index (χ3v) is 8.88. The zero-order valence-electron chi connectivity index (χ0n) is 21.9. The Bertz CT molecular complexity index is 1020. The molecule has 0 N–H and O–H groups in total. The van der Waals surface area contributed by atoms with Gasteiger partial charge in [0, 0.05) is 5.56 Å². The van der Waals surface area contributed by atoms with Gasteiger partial charge in [-0.15, -0.1) is 13.2 Å². The highest BCUT2D eigenvalue weighted by molar-refractivity contribution is 5.65. The SMILES string of the molecule is CCCC1CCC(C(C)CC2CCC(c3ccc(-c4ccc(OC(F)(F)F)c(F)c4)c(F)c3)CC2)CC1. The first-order valence-electron chi connectivity index (χ1n) is 14.0. The fraction of sp³-hybridized carbons (Fsp3) is 0.613. The van der Waals surface area contributed by atoms with Crippen LogP contribution in [0.5, 0.6) is 5.75 Å². The Kier molecular flexibility index (Phi) is 9.18. The van der Waals surface area contributed by atoms with Crippen LogP contribution < -0.4 is 4.74 Å². The molecule has 2 aliphatic carbocycles. The summed E-state index contributed by atoms with van der Waals surface area (Å²) in [4.78, 5) is 0. The van der Waals surface area contributed by atoms with Crippen molar-refractivity contribution in [3.8, 4) is 16.9 Å². The standard InChI is InChI=1S/C31H39F5O/c1-3-4-21-5-9-23(10-6-21)20(2)17-22-7-11-24(12-8-22)25-13-15-27(28(32)18-25)26-14-16-30(29(33)19-26)37-31(34,35)36/h13-16,18-24H,3-12,17H2,1-2H3. The second kappa shape index (κ2) is 12.2. The van der Waals surface area contributed by atoms with Crippen molar-refractivity contribution in [1.82, 2.24) is 0 Å². The zero-order chi connectivity index (χ0) is 26.6. The minimum absolute atomic E-state index is 0.164. The van der Waals surface area contributed by atoms with E-state index in [-0.39, 0.29) is 11.1 Å². The van der Waals surface area contributed by atoms with Gasteiger partial charge >= 0.3 is 6.36 Å². The van der Waals surface area contributed by atoms with Gasteiger partial charge in [0.2, 0.25) is 0 Å². The van der Waals surface area contributed by atoms with E-state index < -0.39 is 23.7 Å². The van der Waals surface area contributed by atoms with Crippen molar-refractivity contribution in [2.24, 2.45) is 23.7 Å². The van der Waals surface area contributed by atoms with Crippen molar-refractivity contribution < 1.29 is 26.7 Å². The summed E-state index contributed by atoms with van der Waals surface area (Å²) in [6, 6.07) is 7.98. The topological polar surface area (TPSA) is 9.23 Å². The first kappa shape index (κ1) is 27.9. The molecule has 6 heteroatoms. The van der Waals surface area contributed by atoms with Crippen LogP contribution in [0.3, 0.4) is 0 Å². The average Bonchev–Trinajstić information content (AvgIpc) is 2.85. The van der Waals surface area contributed by atoms with Crippen LogP contribution in [0.2, 0.25) is 0 Å². The van der Waals surface area contributed by atoms with E-state index in [2.05, 4.69) is 18.6 Å². The summed E-state index contributed by atoms with van der Waals surface area (Å²) in [5, 5.41) is 0. The molecule has 2 fully saturated rings. The molecule has 2 aromatic carbocycles. The molecule has 0 aliphatic heterocycles. The van der Waals surface area contributed by atoms with Crippen molar-refractivity contribution in [3.63, 3.8) is 0 Å². The van der Waals surface area contributed by atoms with E-state index >= 15 is 0 Å². The quantitative estimate of drug-likeness (QED) is 0.313. The van der Waals surface area contributed by atoms with Gasteiger partial charge in [0.25, 0.3) is 0 Å². The number of hydrogen-bond donors (Lipinski definition) is 0. The van der Waals surface area contributed by atoms with Gasteiger partial charge in [-0.3, -0.25) is 0 Å². The fourth-order valence-electron chi connectivity index (χ4n) is 6.80. The maximum atomic E-state index is 15.0. The van der Waals surface area contributed by atoms with Crippen molar-refractivity contribution in [1.29, 1.82) is 0 Å². The third kappa shape index (κ3) is 7.48. The largest absolute Gasteiger partial charge is 0.573 e. The van der Waals surface area contributed by atoms with Crippen molar-refractivity contribution in [2.45, 2.75) is 96.8 Å². The predicted molar refractivity (Wildman–Crippen MR) is 137 cm³/mol. The molecule has 0 saturated heterocycles. The van der Waals surface area contributed by atoms with Crippen molar-refractivity contribution in [2.75, 3.05) is 0 Å². The van der Waals surface area contributed by atoms with Gasteiger partial charge in [0.15, 0.2) is 11.6 Å². The lowest BCUT2D eigenvalue weighted by Crippen LogP contribution is -2.23. The number of rotatable bonds is 8. The van der Waals surface area contributed by atoms with E-state index in [4.69, 9.17) is 0 Å². The highest BCUT2D eigenvalue weighted by atomic mass is 19.4. The number of ether oxygens (including phenoxy) is 1. The highest BCUT2D eigenvalue weighted by Crippen LogP contribution is 2.43. The molecule has 2 aliphatic rings. The smallest absolute Gasteiger partial charge is 0.403 e. The maximum Gasteiger partial charge on any atom is 0.573 e. The summed E-state index contributed by atoms with van der Waals surface area (Å²) in [7, 11) is 0. The van der Waals surface area contributed by atoms with E-state index in [1.165, 1.54) is 57.1 Å². The Morgan fingerprint density at radius 3 is 2.11 bits per heavy atom. The Labute approximate surface area is 217 Å². The highest BCUT2D eigenvalue weighted by Gasteiger charge is 2.33. The van der Waals surface area contributed by atoms with Crippen molar-refractivity contribution in [3.05, 3.63) is 53.6 Å². The van der Waals surface area contributed by atoms with Crippen molar-refractivity contribution >= 4 is 0 Å². The van der Waals surface area contributed by atoms with Gasteiger partial charge in [-0.2, -0.15) is 0 Å². The first-order chi connectivity index (χ1) is 17.6. The lowest BCUT2D eigenvalue weighted by atomic mass is 9.70. The summed E-state index contributed by atoms with van der Waals surface area (Å²) in [5.74, 6) is 1.03. The zero-order valence-corrected chi connectivity index (χ0v) is 21.9. The van der Waals surface area contributed by atoms with Gasteiger partial charge in [0.1, 0.15) is 5.82 Å². The Morgan fingerprint density at radius 2 is 1.51 bits per heavy atom. The van der Waals surface area contributed by atoms with Crippen LogP contribution in [0.15, 0.2) is 36.4 Å². The third-order valence-electron chi connectivity index (χ3n) is 8.88. The van der Waals surface area contributed by atoms with Crippen LogP contribution in [-0.4, -0.2) is 6.36 Å². The fourth-order valence-corrected chi connectivity index (χ4v) is 6.80. The molecule has 0 spiro atoms. The number of benzene rings is 2. The molecule has 0 aromatic heterocycles. The molecule has 4 rings (SSSR count). The molecule has 2 aromatic rings. The van der Waals surface area contributed by atoms with E-state index in [1.54, 1.807) is 6.07 Å². The molecule has 37 heavy (non-hydrogen) atoms. The van der Waals surface area contributed by atoms with Crippen LogP contribution in [0.1, 0.15) is 96.0 Å². The molecule has 0 amide bonds. The van der Waals surface area contributed by atoms with Crippen LogP contribution in [0, 0.1) is 35.3 Å². The average molecular weight is 523 g/mol. The van der Waals surface area contributed by atoms with E-state index in [9.17, 15) is 22.0 Å². The molecule has 0 heterocycles. The summed E-state index contributed by atoms with van der Waals surface area (Å²) < 4.78 is 69.9. The number of halogens is 5. The summed E-state index contributed by atoms with van der Waals surface area (Å²) in [6.07, 6.45) is 8.96. The van der Waals surface area contributed by atoms with Gasteiger partial charge in [0.05, 0.1) is 0 Å². The van der Waals surface area contributed by atoms with Crippen LogP contribution in [-0.2, 0) is 0 Å². The van der Waals surface area contributed by atoms with E-state index in [0.29, 0.717) is 5.92 Å². The minimum atomic E-state index is -4.99. The lowest BCUT2D eigenvalue weighted by molar-refractivity contribution is -0.275. The molecular formula is C31H39F5O. The van der Waals surface area contributed by atoms with Gasteiger partial charge < -0.3 is 4.74 Å². The molecule has 0 bridgehead atoms. The number of alkyl halides is 3. The van der Waals surface area contributed by atoms with Crippen LogP contribution >= 0.6 is 0 Å². The van der Waals surface area contributed by atoms with Gasteiger partial charge in [-0.25, -0.2) is 8.78 Å². The summed E-state index contributed by atoms with van der Waals surface area (Å²) in [5.41, 5.74) is 1.29. The van der Waals surface area contributed by atoms with Gasteiger partial charge in [-0.1, -0.05) is 57.7 Å².